The normalized spacial score (nSPS) is 17.8. The number of H-pyrrole nitrogens is 1. The van der Waals surface area contributed by atoms with Crippen molar-refractivity contribution < 1.29 is 14.8 Å². The van der Waals surface area contributed by atoms with Crippen molar-refractivity contribution in [1.82, 2.24) is 4.98 Å². The van der Waals surface area contributed by atoms with Gasteiger partial charge in [0.25, 0.3) is 0 Å². The number of ether oxygens (including phenoxy) is 2. The molecule has 4 aromatic rings. The Bertz CT molecular complexity index is 1230. The van der Waals surface area contributed by atoms with Crippen molar-refractivity contribution in [2.24, 2.45) is 5.92 Å². The predicted octanol–water partition coefficient (Wildman–Crippen LogP) is 5.40. The maximum absolute atomic E-state index is 6.04. The van der Waals surface area contributed by atoms with Gasteiger partial charge in [-0.1, -0.05) is 62.4 Å². The zero-order valence-electron chi connectivity index (χ0n) is 19.7. The summed E-state index contributed by atoms with van der Waals surface area (Å²) < 4.78 is 12.0. The van der Waals surface area contributed by atoms with Crippen LogP contribution in [0.1, 0.15) is 55.1 Å². The van der Waals surface area contributed by atoms with Crippen LogP contribution < -0.4 is 14.8 Å². The van der Waals surface area contributed by atoms with E-state index in [2.05, 4.69) is 96.9 Å². The lowest BCUT2D eigenvalue weighted by Gasteiger charge is -2.28. The SMILES string of the molecule is CCOc1cc([C@H]2[NH2+]C[C@@H](c3ccccc3)c3c2[nH]c2ccccc32)ccc1OCC(C)C. The molecule has 0 unspecified atom stereocenters. The van der Waals surface area contributed by atoms with Crippen LogP contribution in [0, 0.1) is 5.92 Å². The Morgan fingerprint density at radius 1 is 0.909 bits per heavy atom. The van der Waals surface area contributed by atoms with E-state index in [0.29, 0.717) is 25.0 Å². The lowest BCUT2D eigenvalue weighted by atomic mass is 9.83. The molecule has 0 fully saturated rings. The molecule has 2 atom stereocenters. The summed E-state index contributed by atoms with van der Waals surface area (Å²) in [6, 6.07) is 26.2. The molecule has 1 aliphatic heterocycles. The summed E-state index contributed by atoms with van der Waals surface area (Å²) in [6.45, 7) is 8.63. The van der Waals surface area contributed by atoms with Gasteiger partial charge in [-0.2, -0.15) is 0 Å². The Balaban J connectivity index is 1.58. The van der Waals surface area contributed by atoms with E-state index in [1.807, 2.05) is 6.92 Å². The van der Waals surface area contributed by atoms with Crippen LogP contribution in [0.2, 0.25) is 0 Å². The Labute approximate surface area is 195 Å². The molecule has 4 nitrogen and oxygen atoms in total. The van der Waals surface area contributed by atoms with Crippen LogP contribution >= 0.6 is 0 Å². The molecule has 0 amide bonds. The first-order valence-corrected chi connectivity index (χ1v) is 12.0. The van der Waals surface area contributed by atoms with Crippen molar-refractivity contribution in [2.45, 2.75) is 32.7 Å². The van der Waals surface area contributed by atoms with Crippen LogP contribution in [0.5, 0.6) is 11.5 Å². The summed E-state index contributed by atoms with van der Waals surface area (Å²) in [5.41, 5.74) is 6.50. The van der Waals surface area contributed by atoms with Crippen LogP contribution in [-0.2, 0) is 0 Å². The fourth-order valence-electron chi connectivity index (χ4n) is 4.97. The number of quaternary nitrogens is 1. The van der Waals surface area contributed by atoms with Gasteiger partial charge in [-0.05, 0) is 42.7 Å². The average molecular weight is 442 g/mol. The van der Waals surface area contributed by atoms with Crippen LogP contribution in [-0.4, -0.2) is 24.7 Å². The van der Waals surface area contributed by atoms with E-state index >= 15 is 0 Å². The first kappa shape index (κ1) is 21.6. The highest BCUT2D eigenvalue weighted by atomic mass is 16.5. The largest absolute Gasteiger partial charge is 0.490 e. The van der Waals surface area contributed by atoms with E-state index in [1.165, 1.54) is 33.3 Å². The van der Waals surface area contributed by atoms with Gasteiger partial charge in [-0.25, -0.2) is 0 Å². The van der Waals surface area contributed by atoms with E-state index in [-0.39, 0.29) is 6.04 Å². The molecule has 3 aromatic carbocycles. The van der Waals surface area contributed by atoms with E-state index in [1.54, 1.807) is 0 Å². The quantitative estimate of drug-likeness (QED) is 0.403. The van der Waals surface area contributed by atoms with E-state index in [0.717, 1.165) is 18.0 Å². The lowest BCUT2D eigenvalue weighted by molar-refractivity contribution is -0.692. The molecule has 33 heavy (non-hydrogen) atoms. The molecular formula is C29H33N2O2+. The van der Waals surface area contributed by atoms with Crippen LogP contribution in [0.4, 0.5) is 0 Å². The first-order valence-electron chi connectivity index (χ1n) is 12.0. The molecule has 0 saturated heterocycles. The summed E-state index contributed by atoms with van der Waals surface area (Å²) in [6.07, 6.45) is 0. The second-order valence-electron chi connectivity index (χ2n) is 9.25. The summed E-state index contributed by atoms with van der Waals surface area (Å²) in [5.74, 6) is 2.47. The number of aromatic amines is 1. The van der Waals surface area contributed by atoms with Crippen LogP contribution in [0.3, 0.4) is 0 Å². The molecule has 1 aliphatic rings. The number of nitrogens with two attached hydrogens (primary N) is 1. The summed E-state index contributed by atoms with van der Waals surface area (Å²) in [4.78, 5) is 3.77. The van der Waals surface area contributed by atoms with Gasteiger partial charge in [0.1, 0.15) is 0 Å². The zero-order chi connectivity index (χ0) is 22.8. The standard InChI is InChI=1S/C29H32N2O2/c1-4-32-26-16-21(14-15-25(26)33-18-19(2)3)28-29-27(22-12-8-9-13-24(22)31-29)23(17-30-28)20-10-6-5-7-11-20/h5-16,19,23,28,30-31H,4,17-18H2,1-3H3/p+1/t23-,28+/m0/s1. The van der Waals surface area contributed by atoms with Crippen molar-refractivity contribution in [3.05, 3.63) is 95.2 Å². The Morgan fingerprint density at radius 3 is 2.48 bits per heavy atom. The minimum atomic E-state index is 0.186. The number of para-hydroxylation sites is 1. The topological polar surface area (TPSA) is 50.9 Å². The van der Waals surface area contributed by atoms with Gasteiger partial charge in [-0.3, -0.25) is 0 Å². The molecule has 0 saturated carbocycles. The summed E-state index contributed by atoms with van der Waals surface area (Å²) in [7, 11) is 0. The lowest BCUT2D eigenvalue weighted by Crippen LogP contribution is -2.88. The minimum absolute atomic E-state index is 0.186. The Hall–Kier alpha value is -3.24. The predicted molar refractivity (Wildman–Crippen MR) is 133 cm³/mol. The highest BCUT2D eigenvalue weighted by molar-refractivity contribution is 5.86. The molecule has 0 spiro atoms. The fraction of sp³-hybridized carbons (Fsp3) is 0.310. The Morgan fingerprint density at radius 2 is 1.70 bits per heavy atom. The van der Waals surface area contributed by atoms with E-state index < -0.39 is 0 Å². The maximum atomic E-state index is 6.04. The van der Waals surface area contributed by atoms with Gasteiger partial charge in [0.15, 0.2) is 17.5 Å². The number of hydrogen-bond acceptors (Lipinski definition) is 2. The third-order valence-corrected chi connectivity index (χ3v) is 6.44. The molecule has 3 N–H and O–H groups in total. The van der Waals surface area contributed by atoms with E-state index in [4.69, 9.17) is 9.47 Å². The molecule has 4 heteroatoms. The van der Waals surface area contributed by atoms with Crippen molar-refractivity contribution in [1.29, 1.82) is 0 Å². The molecule has 5 rings (SSSR count). The van der Waals surface area contributed by atoms with Gasteiger partial charge < -0.3 is 19.8 Å². The fourth-order valence-corrected chi connectivity index (χ4v) is 4.97. The highest BCUT2D eigenvalue weighted by Crippen LogP contribution is 2.40. The number of nitrogens with one attached hydrogen (secondary N) is 1. The molecule has 170 valence electrons. The highest BCUT2D eigenvalue weighted by Gasteiger charge is 2.35. The van der Waals surface area contributed by atoms with Gasteiger partial charge in [0, 0.05) is 22.0 Å². The maximum Gasteiger partial charge on any atom is 0.161 e. The van der Waals surface area contributed by atoms with Gasteiger partial charge in [-0.15, -0.1) is 0 Å². The molecule has 0 aliphatic carbocycles. The number of fused-ring (bicyclic) bond motifs is 3. The molecule has 2 heterocycles. The van der Waals surface area contributed by atoms with Gasteiger partial charge in [0.05, 0.1) is 31.4 Å². The monoisotopic (exact) mass is 441 g/mol. The van der Waals surface area contributed by atoms with Crippen molar-refractivity contribution in [3.63, 3.8) is 0 Å². The molecular weight excluding hydrogens is 408 g/mol. The van der Waals surface area contributed by atoms with Crippen molar-refractivity contribution in [2.75, 3.05) is 19.8 Å². The number of rotatable bonds is 7. The van der Waals surface area contributed by atoms with Crippen LogP contribution in [0.25, 0.3) is 10.9 Å². The zero-order valence-corrected chi connectivity index (χ0v) is 19.7. The van der Waals surface area contributed by atoms with Crippen molar-refractivity contribution in [3.8, 4) is 11.5 Å². The number of aromatic nitrogens is 1. The van der Waals surface area contributed by atoms with Crippen molar-refractivity contribution >= 4 is 10.9 Å². The number of hydrogen-bond donors (Lipinski definition) is 2. The molecule has 0 radical (unpaired) electrons. The third kappa shape index (κ3) is 4.23. The first-order chi connectivity index (χ1) is 16.2. The van der Waals surface area contributed by atoms with Crippen LogP contribution in [0.15, 0.2) is 72.8 Å². The molecule has 1 aromatic heterocycles. The van der Waals surface area contributed by atoms with E-state index in [9.17, 15) is 0 Å². The minimum Gasteiger partial charge on any atom is -0.490 e. The summed E-state index contributed by atoms with van der Waals surface area (Å²) in [5, 5.41) is 3.77. The second-order valence-corrected chi connectivity index (χ2v) is 9.25. The Kier molecular flexibility index (Phi) is 6.10. The summed E-state index contributed by atoms with van der Waals surface area (Å²) >= 11 is 0. The second kappa shape index (κ2) is 9.32. The smallest absolute Gasteiger partial charge is 0.161 e. The average Bonchev–Trinajstić information content (AvgIpc) is 3.23. The van der Waals surface area contributed by atoms with Gasteiger partial charge in [0.2, 0.25) is 0 Å². The van der Waals surface area contributed by atoms with Gasteiger partial charge >= 0.3 is 0 Å². The number of benzene rings is 3. The third-order valence-electron chi connectivity index (χ3n) is 6.44. The molecule has 0 bridgehead atoms.